The number of phenols is 2. The average Bonchev–Trinajstić information content (AvgIpc) is 3.27. The van der Waals surface area contributed by atoms with E-state index in [4.69, 9.17) is 9.47 Å². The Balaban J connectivity index is 1.76. The van der Waals surface area contributed by atoms with Crippen molar-refractivity contribution in [3.05, 3.63) is 56.9 Å². The Morgan fingerprint density at radius 2 is 1.91 bits per heavy atom. The number of phenolic OH excluding ortho intramolecular Hbond substituents is 2. The van der Waals surface area contributed by atoms with Gasteiger partial charge in [-0.15, -0.1) is 0 Å². The highest BCUT2D eigenvalue weighted by Crippen LogP contribution is 2.58. The molecule has 0 saturated carbocycles. The summed E-state index contributed by atoms with van der Waals surface area (Å²) in [7, 11) is 1.57. The maximum Gasteiger partial charge on any atom is 0.251 e. The zero-order chi connectivity index (χ0) is 25.4. The van der Waals surface area contributed by atoms with Gasteiger partial charge in [0, 0.05) is 24.4 Å². The van der Waals surface area contributed by atoms with Crippen LogP contribution in [0.5, 0.6) is 17.2 Å². The molecule has 2 aromatic heterocycles. The molecule has 1 aliphatic carbocycles. The van der Waals surface area contributed by atoms with E-state index >= 15 is 0 Å². The lowest BCUT2D eigenvalue weighted by atomic mass is 9.71. The molecule has 10 nitrogen and oxygen atoms in total. The molecule has 0 spiro atoms. The largest absolute Gasteiger partial charge is 0.507 e. The number of hydrogen-bond acceptors (Lipinski definition) is 9. The molecule has 3 heterocycles. The molecule has 0 radical (unpaired) electrons. The van der Waals surface area contributed by atoms with E-state index < -0.39 is 11.2 Å². The van der Waals surface area contributed by atoms with Crippen molar-refractivity contribution in [3.63, 3.8) is 0 Å². The minimum absolute atomic E-state index is 0.0169. The second kappa shape index (κ2) is 7.47. The van der Waals surface area contributed by atoms with Crippen LogP contribution in [0.15, 0.2) is 11.8 Å². The first kappa shape index (κ1) is 22.7. The molecule has 1 atom stereocenters. The lowest BCUT2D eigenvalue weighted by molar-refractivity contribution is 0.0905. The van der Waals surface area contributed by atoms with E-state index in [1.165, 1.54) is 18.5 Å². The number of fused-ring (bicyclic) bond motifs is 4. The molecule has 2 aliphatic rings. The summed E-state index contributed by atoms with van der Waals surface area (Å²) in [6, 6.07) is 1.80. The number of aryl methyl sites for hydroxylation is 2. The summed E-state index contributed by atoms with van der Waals surface area (Å²) in [4.78, 5) is 35.4. The van der Waals surface area contributed by atoms with Crippen LogP contribution in [-0.4, -0.2) is 48.6 Å². The van der Waals surface area contributed by atoms with Gasteiger partial charge in [0.05, 0.1) is 34.8 Å². The Morgan fingerprint density at radius 1 is 1.20 bits per heavy atom. The molecule has 5 rings (SSSR count). The van der Waals surface area contributed by atoms with Gasteiger partial charge in [0.25, 0.3) is 5.95 Å². The third-order valence-electron chi connectivity index (χ3n) is 6.62. The molecular weight excluding hydrogens is 452 g/mol. The van der Waals surface area contributed by atoms with Crippen LogP contribution in [0.1, 0.15) is 68.5 Å². The van der Waals surface area contributed by atoms with Crippen molar-refractivity contribution in [2.75, 3.05) is 7.11 Å². The van der Waals surface area contributed by atoms with Crippen LogP contribution in [0.4, 0.5) is 0 Å². The summed E-state index contributed by atoms with van der Waals surface area (Å²) in [6.45, 7) is 8.22. The second-order valence-corrected chi connectivity index (χ2v) is 9.01. The predicted octanol–water partition coefficient (Wildman–Crippen LogP) is 3.24. The average molecular weight is 476 g/mol. The van der Waals surface area contributed by atoms with Crippen LogP contribution in [0.3, 0.4) is 0 Å². The summed E-state index contributed by atoms with van der Waals surface area (Å²) < 4.78 is 12.7. The van der Waals surface area contributed by atoms with Crippen LogP contribution in [0.25, 0.3) is 12.0 Å². The zero-order valence-electron chi connectivity index (χ0n) is 20.2. The van der Waals surface area contributed by atoms with E-state index in [0.29, 0.717) is 28.3 Å². The highest BCUT2D eigenvalue weighted by atomic mass is 16.5. The van der Waals surface area contributed by atoms with Crippen LogP contribution in [-0.2, 0) is 16.8 Å². The molecule has 1 aromatic carbocycles. The number of Topliss-reactive ketones (excluding diaryl/α,β-unsaturated/α-hetero) is 2. The fourth-order valence-electron chi connectivity index (χ4n) is 4.87. The minimum atomic E-state index is -1.41. The molecule has 180 valence electrons. The van der Waals surface area contributed by atoms with Gasteiger partial charge >= 0.3 is 0 Å². The number of aromatic nitrogens is 4. The smallest absolute Gasteiger partial charge is 0.251 e. The summed E-state index contributed by atoms with van der Waals surface area (Å²) >= 11 is 0. The van der Waals surface area contributed by atoms with Crippen molar-refractivity contribution in [3.8, 4) is 23.2 Å². The van der Waals surface area contributed by atoms with Crippen molar-refractivity contribution < 1.29 is 29.3 Å². The number of methoxy groups -OCH3 is 1. The number of aromatic hydroxyl groups is 2. The minimum Gasteiger partial charge on any atom is -0.507 e. The van der Waals surface area contributed by atoms with Crippen LogP contribution in [0, 0.1) is 20.8 Å². The number of ether oxygens (including phenoxy) is 2. The summed E-state index contributed by atoms with van der Waals surface area (Å²) in [5.74, 6) is -1.01. The molecule has 0 bridgehead atoms. The lowest BCUT2D eigenvalue weighted by Crippen LogP contribution is -2.36. The highest BCUT2D eigenvalue weighted by molar-refractivity contribution is 6.14. The maximum absolute atomic E-state index is 14.0. The number of allylic oxidation sites excluding steroid dienone is 1. The molecule has 3 aromatic rings. The van der Waals surface area contributed by atoms with Gasteiger partial charge in [-0.1, -0.05) is 0 Å². The normalized spacial score (nSPS) is 18.0. The van der Waals surface area contributed by atoms with Gasteiger partial charge in [-0.2, -0.15) is 9.78 Å². The van der Waals surface area contributed by atoms with Crippen LogP contribution < -0.4 is 4.74 Å². The zero-order valence-corrected chi connectivity index (χ0v) is 20.2. The monoisotopic (exact) mass is 476 g/mol. The molecular formula is C25H24N4O6. The first-order valence-corrected chi connectivity index (χ1v) is 11.0. The van der Waals surface area contributed by atoms with Crippen molar-refractivity contribution in [2.24, 2.45) is 0 Å². The Labute approximate surface area is 200 Å². The fourth-order valence-corrected chi connectivity index (χ4v) is 4.87. The van der Waals surface area contributed by atoms with Crippen LogP contribution in [0.2, 0.25) is 0 Å². The lowest BCUT2D eigenvalue weighted by Gasteiger charge is -2.27. The first-order valence-electron chi connectivity index (χ1n) is 11.0. The molecule has 10 heteroatoms. The van der Waals surface area contributed by atoms with Gasteiger partial charge in [0.15, 0.2) is 11.6 Å². The van der Waals surface area contributed by atoms with E-state index in [9.17, 15) is 19.8 Å². The van der Waals surface area contributed by atoms with E-state index in [0.717, 1.165) is 0 Å². The number of rotatable bonds is 4. The Bertz CT molecular complexity index is 1500. The second-order valence-electron chi connectivity index (χ2n) is 9.01. The molecule has 2 N–H and O–H groups in total. The number of benzene rings is 1. The fraction of sp³-hybridized carbons (Fsp3) is 0.320. The Kier molecular flexibility index (Phi) is 4.85. The third-order valence-corrected chi connectivity index (χ3v) is 6.62. The summed E-state index contributed by atoms with van der Waals surface area (Å²) in [6.07, 6.45) is 1.65. The standard InChI is InChI=1S/C25H24N4O6/c1-10-7-14(9-34-6)27-24(26-10)29-15-8-16-25(5,23(33)17(15)12(3)28-29)19-21(32)11(2)20(31)18(13(4)30)22(19)35-16/h7-8,31-32H,9H2,1-6H3/t25-/m0/s1. The summed E-state index contributed by atoms with van der Waals surface area (Å²) in [5, 5.41) is 26.1. The van der Waals surface area contributed by atoms with Gasteiger partial charge in [-0.05, 0) is 40.7 Å². The van der Waals surface area contributed by atoms with Gasteiger partial charge in [-0.25, -0.2) is 9.97 Å². The molecule has 0 unspecified atom stereocenters. The van der Waals surface area contributed by atoms with E-state index in [-0.39, 0.29) is 58.0 Å². The van der Waals surface area contributed by atoms with Gasteiger partial charge in [0.1, 0.15) is 34.0 Å². The van der Waals surface area contributed by atoms with Gasteiger partial charge in [0.2, 0.25) is 0 Å². The van der Waals surface area contributed by atoms with Crippen molar-refractivity contribution in [2.45, 2.75) is 46.6 Å². The van der Waals surface area contributed by atoms with Crippen molar-refractivity contribution in [1.29, 1.82) is 0 Å². The SMILES string of the molecule is COCc1cc(C)nc(-n2nc(C)c3c2C=C2Oc4c(C(C)=O)c(O)c(C)c(O)c4[C@@]2(C)C3=O)n1. The Hall–Kier alpha value is -4.05. The number of carbonyl (C=O) groups is 2. The molecule has 1 aliphatic heterocycles. The number of ketones is 2. The van der Waals surface area contributed by atoms with Crippen LogP contribution >= 0.6 is 0 Å². The number of nitrogens with zero attached hydrogens (tertiary/aromatic N) is 4. The quantitative estimate of drug-likeness (QED) is 0.544. The van der Waals surface area contributed by atoms with Crippen molar-refractivity contribution in [1.82, 2.24) is 19.7 Å². The maximum atomic E-state index is 14.0. The topological polar surface area (TPSA) is 137 Å². The number of carbonyl (C=O) groups excluding carboxylic acids is 2. The highest BCUT2D eigenvalue weighted by Gasteiger charge is 2.55. The summed E-state index contributed by atoms with van der Waals surface area (Å²) in [5.41, 5.74) is 1.34. The molecule has 0 fully saturated rings. The molecule has 35 heavy (non-hydrogen) atoms. The molecule has 0 amide bonds. The first-order chi connectivity index (χ1) is 16.5. The molecule has 0 saturated heterocycles. The number of hydrogen-bond donors (Lipinski definition) is 2. The van der Waals surface area contributed by atoms with Crippen molar-refractivity contribution >= 4 is 17.6 Å². The van der Waals surface area contributed by atoms with E-state index in [1.54, 1.807) is 33.1 Å². The van der Waals surface area contributed by atoms with E-state index in [2.05, 4.69) is 15.1 Å². The van der Waals surface area contributed by atoms with Gasteiger partial charge < -0.3 is 19.7 Å². The third kappa shape index (κ3) is 2.96. The van der Waals surface area contributed by atoms with E-state index in [1.807, 2.05) is 6.92 Å². The Morgan fingerprint density at radius 3 is 2.57 bits per heavy atom. The van der Waals surface area contributed by atoms with Gasteiger partial charge in [-0.3, -0.25) is 9.59 Å². The predicted molar refractivity (Wildman–Crippen MR) is 124 cm³/mol.